The van der Waals surface area contributed by atoms with Crippen molar-refractivity contribution >= 4 is 17.5 Å². The highest BCUT2D eigenvalue weighted by Crippen LogP contribution is 2.32. The predicted octanol–water partition coefficient (Wildman–Crippen LogP) is 2.00. The second-order valence-corrected chi connectivity index (χ2v) is 4.79. The van der Waals surface area contributed by atoms with E-state index in [4.69, 9.17) is 17.3 Å². The van der Waals surface area contributed by atoms with Gasteiger partial charge in [-0.2, -0.15) is 0 Å². The van der Waals surface area contributed by atoms with Gasteiger partial charge in [0.25, 0.3) is 0 Å². The average Bonchev–Trinajstić information content (AvgIpc) is 2.39. The van der Waals surface area contributed by atoms with E-state index < -0.39 is 0 Å². The third kappa shape index (κ3) is 2.79. The lowest BCUT2D eigenvalue weighted by Gasteiger charge is -2.32. The summed E-state index contributed by atoms with van der Waals surface area (Å²) in [5.41, 5.74) is 6.56. The van der Waals surface area contributed by atoms with E-state index in [1.807, 2.05) is 23.1 Å². The molecule has 1 heterocycles. The molecule has 1 aromatic carbocycles. The monoisotopic (exact) mass is 252 g/mol. The number of piperidine rings is 1. The van der Waals surface area contributed by atoms with Gasteiger partial charge in [0, 0.05) is 18.1 Å². The molecule has 0 bridgehead atoms. The van der Waals surface area contributed by atoms with E-state index in [0.29, 0.717) is 5.92 Å². The van der Waals surface area contributed by atoms with Crippen molar-refractivity contribution in [2.24, 2.45) is 5.73 Å². The van der Waals surface area contributed by atoms with Crippen LogP contribution in [0.1, 0.15) is 24.3 Å². The summed E-state index contributed by atoms with van der Waals surface area (Å²) in [4.78, 5) is 13.3. The molecule has 1 aliphatic heterocycles. The standard InChI is InChI=1S/C13H17ClN2O/c14-12-4-2-1-3-11(12)10-5-7-16(8-6-10)13(17)9-15/h1-4,10H,5-9,15H2. The number of likely N-dealkylation sites (tertiary alicyclic amines) is 1. The average molecular weight is 253 g/mol. The van der Waals surface area contributed by atoms with Gasteiger partial charge in [-0.1, -0.05) is 29.8 Å². The van der Waals surface area contributed by atoms with Gasteiger partial charge in [-0.25, -0.2) is 0 Å². The Hall–Kier alpha value is -1.06. The van der Waals surface area contributed by atoms with Crippen LogP contribution in [0.3, 0.4) is 0 Å². The van der Waals surface area contributed by atoms with Crippen LogP contribution in [0.15, 0.2) is 24.3 Å². The smallest absolute Gasteiger partial charge is 0.236 e. The van der Waals surface area contributed by atoms with Crippen LogP contribution < -0.4 is 5.73 Å². The van der Waals surface area contributed by atoms with Crippen LogP contribution in [-0.4, -0.2) is 30.4 Å². The number of halogens is 1. The number of carbonyl (C=O) groups excluding carboxylic acids is 1. The van der Waals surface area contributed by atoms with Crippen molar-refractivity contribution in [3.05, 3.63) is 34.9 Å². The number of benzene rings is 1. The maximum atomic E-state index is 11.5. The van der Waals surface area contributed by atoms with Crippen molar-refractivity contribution < 1.29 is 4.79 Å². The number of hydrogen-bond donors (Lipinski definition) is 1. The van der Waals surface area contributed by atoms with Gasteiger partial charge in [-0.3, -0.25) is 4.79 Å². The molecule has 3 nitrogen and oxygen atoms in total. The zero-order valence-electron chi connectivity index (χ0n) is 9.73. The molecule has 92 valence electrons. The molecule has 1 fully saturated rings. The van der Waals surface area contributed by atoms with Gasteiger partial charge in [-0.05, 0) is 30.4 Å². The Morgan fingerprint density at radius 1 is 1.35 bits per heavy atom. The lowest BCUT2D eigenvalue weighted by molar-refractivity contribution is -0.130. The highest BCUT2D eigenvalue weighted by atomic mass is 35.5. The number of amides is 1. The van der Waals surface area contributed by atoms with Crippen LogP contribution in [0.2, 0.25) is 5.02 Å². The van der Waals surface area contributed by atoms with Gasteiger partial charge >= 0.3 is 0 Å². The van der Waals surface area contributed by atoms with E-state index in [1.165, 1.54) is 5.56 Å². The van der Waals surface area contributed by atoms with E-state index in [0.717, 1.165) is 31.0 Å². The fourth-order valence-corrected chi connectivity index (χ4v) is 2.67. The van der Waals surface area contributed by atoms with E-state index in [2.05, 4.69) is 6.07 Å². The SMILES string of the molecule is NCC(=O)N1CCC(c2ccccc2Cl)CC1. The lowest BCUT2D eigenvalue weighted by atomic mass is 9.89. The first-order valence-corrected chi connectivity index (χ1v) is 6.32. The summed E-state index contributed by atoms with van der Waals surface area (Å²) in [6.45, 7) is 1.68. The molecular formula is C13H17ClN2O. The second-order valence-electron chi connectivity index (χ2n) is 4.38. The van der Waals surface area contributed by atoms with Crippen LogP contribution in [0.5, 0.6) is 0 Å². The zero-order valence-corrected chi connectivity index (χ0v) is 10.5. The normalized spacial score (nSPS) is 17.2. The molecule has 0 unspecified atom stereocenters. The maximum absolute atomic E-state index is 11.5. The third-order valence-corrected chi connectivity index (χ3v) is 3.71. The van der Waals surface area contributed by atoms with Crippen molar-refractivity contribution in [2.75, 3.05) is 19.6 Å². The molecule has 1 aliphatic rings. The maximum Gasteiger partial charge on any atom is 0.236 e. The first kappa shape index (κ1) is 12.4. The highest BCUT2D eigenvalue weighted by molar-refractivity contribution is 6.31. The number of carbonyl (C=O) groups is 1. The summed E-state index contributed by atoms with van der Waals surface area (Å²) < 4.78 is 0. The number of nitrogens with zero attached hydrogens (tertiary/aromatic N) is 1. The van der Waals surface area contributed by atoms with Gasteiger partial charge in [0.1, 0.15) is 0 Å². The second kappa shape index (κ2) is 5.52. The Bertz CT molecular complexity index is 400. The molecule has 0 aromatic heterocycles. The Kier molecular flexibility index (Phi) is 4.02. The van der Waals surface area contributed by atoms with Gasteiger partial charge in [-0.15, -0.1) is 0 Å². The summed E-state index contributed by atoms with van der Waals surface area (Å²) in [6, 6.07) is 7.96. The van der Waals surface area contributed by atoms with Gasteiger partial charge in [0.2, 0.25) is 5.91 Å². The fraction of sp³-hybridized carbons (Fsp3) is 0.462. The molecule has 4 heteroatoms. The van der Waals surface area contributed by atoms with Crippen LogP contribution in [0, 0.1) is 0 Å². The molecular weight excluding hydrogens is 236 g/mol. The molecule has 1 amide bonds. The summed E-state index contributed by atoms with van der Waals surface area (Å²) in [5.74, 6) is 0.508. The van der Waals surface area contributed by atoms with E-state index in [-0.39, 0.29) is 12.5 Å². The Morgan fingerprint density at radius 3 is 2.59 bits per heavy atom. The summed E-state index contributed by atoms with van der Waals surface area (Å²) in [5, 5.41) is 0.830. The molecule has 17 heavy (non-hydrogen) atoms. The number of rotatable bonds is 2. The predicted molar refractivity (Wildman–Crippen MR) is 69.1 cm³/mol. The Balaban J connectivity index is 2.00. The van der Waals surface area contributed by atoms with Gasteiger partial charge < -0.3 is 10.6 Å². The van der Waals surface area contributed by atoms with Crippen LogP contribution >= 0.6 is 11.6 Å². The summed E-state index contributed by atoms with van der Waals surface area (Å²) in [6.07, 6.45) is 1.94. The fourth-order valence-electron chi connectivity index (χ4n) is 2.38. The molecule has 2 rings (SSSR count). The van der Waals surface area contributed by atoms with Crippen molar-refractivity contribution in [3.8, 4) is 0 Å². The molecule has 0 saturated carbocycles. The van der Waals surface area contributed by atoms with E-state index in [9.17, 15) is 4.79 Å². The van der Waals surface area contributed by atoms with Gasteiger partial charge in [0.15, 0.2) is 0 Å². The first-order valence-electron chi connectivity index (χ1n) is 5.94. The third-order valence-electron chi connectivity index (χ3n) is 3.37. The lowest BCUT2D eigenvalue weighted by Crippen LogP contribution is -2.41. The topological polar surface area (TPSA) is 46.3 Å². The van der Waals surface area contributed by atoms with Crippen molar-refractivity contribution in [1.29, 1.82) is 0 Å². The molecule has 2 N–H and O–H groups in total. The van der Waals surface area contributed by atoms with Crippen LogP contribution in [0.4, 0.5) is 0 Å². The minimum atomic E-state index is 0.0441. The largest absolute Gasteiger partial charge is 0.342 e. The Labute approximate surface area is 107 Å². The molecule has 0 radical (unpaired) electrons. The van der Waals surface area contributed by atoms with E-state index >= 15 is 0 Å². The summed E-state index contributed by atoms with van der Waals surface area (Å²) in [7, 11) is 0. The van der Waals surface area contributed by atoms with Crippen LogP contribution in [-0.2, 0) is 4.79 Å². The quantitative estimate of drug-likeness (QED) is 0.875. The van der Waals surface area contributed by atoms with Crippen molar-refractivity contribution in [2.45, 2.75) is 18.8 Å². The summed E-state index contributed by atoms with van der Waals surface area (Å²) >= 11 is 6.18. The molecule has 0 atom stereocenters. The molecule has 1 saturated heterocycles. The number of nitrogens with two attached hydrogens (primary N) is 1. The van der Waals surface area contributed by atoms with Crippen molar-refractivity contribution in [1.82, 2.24) is 4.90 Å². The van der Waals surface area contributed by atoms with Gasteiger partial charge in [0.05, 0.1) is 6.54 Å². The van der Waals surface area contributed by atoms with Crippen molar-refractivity contribution in [3.63, 3.8) is 0 Å². The zero-order chi connectivity index (χ0) is 12.3. The minimum Gasteiger partial charge on any atom is -0.342 e. The number of hydrogen-bond acceptors (Lipinski definition) is 2. The molecule has 0 spiro atoms. The van der Waals surface area contributed by atoms with Crippen LogP contribution in [0.25, 0.3) is 0 Å². The van der Waals surface area contributed by atoms with E-state index in [1.54, 1.807) is 0 Å². The minimum absolute atomic E-state index is 0.0441. The molecule has 0 aliphatic carbocycles. The first-order chi connectivity index (χ1) is 8.22. The Morgan fingerprint density at radius 2 is 2.00 bits per heavy atom. The highest BCUT2D eigenvalue weighted by Gasteiger charge is 2.23. The molecule has 1 aromatic rings.